The largest absolute Gasteiger partial charge is 0.496 e. The number of methoxy groups -OCH3 is 1. The third-order valence-electron chi connectivity index (χ3n) is 5.39. The number of aryl methyl sites for hydroxylation is 1. The molecule has 0 unspecified atom stereocenters. The van der Waals surface area contributed by atoms with Crippen LogP contribution >= 0.6 is 0 Å². The highest BCUT2D eigenvalue weighted by Gasteiger charge is 2.37. The first kappa shape index (κ1) is 15.9. The van der Waals surface area contributed by atoms with E-state index in [9.17, 15) is 0 Å². The van der Waals surface area contributed by atoms with Gasteiger partial charge in [0.15, 0.2) is 0 Å². The van der Waals surface area contributed by atoms with E-state index in [0.717, 1.165) is 34.8 Å². The molecule has 5 heteroatoms. The Bertz CT molecular complexity index is 880. The second kappa shape index (κ2) is 6.39. The van der Waals surface area contributed by atoms with Crippen LogP contribution in [-0.4, -0.2) is 28.6 Å². The highest BCUT2D eigenvalue weighted by molar-refractivity contribution is 5.87. The molecule has 1 aromatic carbocycles. The molecule has 2 N–H and O–H groups in total. The minimum Gasteiger partial charge on any atom is -0.496 e. The Balaban J connectivity index is 1.66. The summed E-state index contributed by atoms with van der Waals surface area (Å²) >= 11 is 0. The minimum atomic E-state index is 0.0925. The van der Waals surface area contributed by atoms with Gasteiger partial charge in [0.05, 0.1) is 12.5 Å². The molecule has 1 saturated carbocycles. The zero-order valence-electron chi connectivity index (χ0n) is 14.8. The fraction of sp³-hybridized carbons (Fsp3) is 0.400. The maximum Gasteiger partial charge on any atom is 0.143 e. The molecule has 2 heterocycles. The molecule has 1 aliphatic rings. The van der Waals surface area contributed by atoms with Crippen LogP contribution in [-0.2, 0) is 5.41 Å². The fourth-order valence-corrected chi connectivity index (χ4v) is 4.14. The molecule has 0 spiro atoms. The number of ether oxygens (including phenoxy) is 1. The summed E-state index contributed by atoms with van der Waals surface area (Å²) in [6, 6.07) is 10.5. The minimum absolute atomic E-state index is 0.0925. The predicted molar refractivity (Wildman–Crippen MR) is 100 cm³/mol. The number of benzene rings is 1. The van der Waals surface area contributed by atoms with Crippen molar-refractivity contribution in [1.29, 1.82) is 0 Å². The van der Waals surface area contributed by atoms with Crippen molar-refractivity contribution in [3.05, 3.63) is 47.9 Å². The second-order valence-corrected chi connectivity index (χ2v) is 6.98. The molecule has 1 fully saturated rings. The van der Waals surface area contributed by atoms with Crippen molar-refractivity contribution in [2.24, 2.45) is 0 Å². The van der Waals surface area contributed by atoms with Gasteiger partial charge in [-0.2, -0.15) is 0 Å². The van der Waals surface area contributed by atoms with E-state index in [4.69, 9.17) is 4.74 Å². The molecule has 4 rings (SSSR count). The molecule has 5 nitrogen and oxygen atoms in total. The van der Waals surface area contributed by atoms with Gasteiger partial charge < -0.3 is 15.0 Å². The molecule has 0 atom stereocenters. The average Bonchev–Trinajstić information content (AvgIpc) is 3.26. The number of fused-ring (bicyclic) bond motifs is 1. The number of aromatic nitrogens is 3. The van der Waals surface area contributed by atoms with Crippen LogP contribution in [0.4, 0.5) is 5.82 Å². The lowest BCUT2D eigenvalue weighted by Gasteiger charge is -2.31. The number of anilines is 1. The number of hydrogen-bond donors (Lipinski definition) is 2. The number of rotatable bonds is 5. The summed E-state index contributed by atoms with van der Waals surface area (Å²) in [5, 5.41) is 4.66. The van der Waals surface area contributed by atoms with E-state index in [0.29, 0.717) is 0 Å². The van der Waals surface area contributed by atoms with Crippen molar-refractivity contribution in [3.63, 3.8) is 0 Å². The first-order valence-corrected chi connectivity index (χ1v) is 8.89. The second-order valence-electron chi connectivity index (χ2n) is 6.98. The summed E-state index contributed by atoms with van der Waals surface area (Å²) in [6.07, 6.45) is 6.46. The lowest BCUT2D eigenvalue weighted by atomic mass is 9.78. The van der Waals surface area contributed by atoms with Gasteiger partial charge in [-0.15, -0.1) is 0 Å². The van der Waals surface area contributed by atoms with Crippen LogP contribution in [0.3, 0.4) is 0 Å². The van der Waals surface area contributed by atoms with Crippen LogP contribution < -0.4 is 10.1 Å². The summed E-state index contributed by atoms with van der Waals surface area (Å²) in [5.74, 6) is 1.88. The third-order valence-corrected chi connectivity index (χ3v) is 5.39. The lowest BCUT2D eigenvalue weighted by molar-refractivity contribution is 0.381. The average molecular weight is 336 g/mol. The van der Waals surface area contributed by atoms with Gasteiger partial charge in [0.25, 0.3) is 0 Å². The predicted octanol–water partition coefficient (Wildman–Crippen LogP) is 4.20. The normalized spacial score (nSPS) is 16.2. The zero-order valence-corrected chi connectivity index (χ0v) is 14.8. The van der Waals surface area contributed by atoms with Gasteiger partial charge in [-0.1, -0.05) is 31.0 Å². The Kier molecular flexibility index (Phi) is 4.07. The van der Waals surface area contributed by atoms with E-state index >= 15 is 0 Å². The van der Waals surface area contributed by atoms with Gasteiger partial charge >= 0.3 is 0 Å². The third kappa shape index (κ3) is 2.84. The Morgan fingerprint density at radius 2 is 2.00 bits per heavy atom. The van der Waals surface area contributed by atoms with Crippen molar-refractivity contribution in [2.45, 2.75) is 38.0 Å². The van der Waals surface area contributed by atoms with Crippen molar-refractivity contribution >= 4 is 16.9 Å². The zero-order chi connectivity index (χ0) is 17.3. The number of H-pyrrole nitrogens is 1. The highest BCUT2D eigenvalue weighted by Crippen LogP contribution is 2.44. The number of nitrogens with one attached hydrogen (secondary N) is 2. The lowest BCUT2D eigenvalue weighted by Crippen LogP contribution is -2.32. The molecule has 0 bridgehead atoms. The number of nitrogens with zero attached hydrogens (tertiary/aromatic N) is 2. The maximum atomic E-state index is 5.65. The topological polar surface area (TPSA) is 62.8 Å². The Morgan fingerprint density at radius 1 is 1.20 bits per heavy atom. The maximum absolute atomic E-state index is 5.65. The standard InChI is InChI=1S/C20H24N4O/c1-14-11-15-18(22-13-23-19(15)24-14)21-12-20(9-5-6-10-20)16-7-3-4-8-17(16)25-2/h3-4,7-8,11,13H,5-6,9-10,12H2,1-2H3,(H2,21,22,23,24). The molecule has 3 aromatic rings. The van der Waals surface area contributed by atoms with Crippen molar-refractivity contribution in [2.75, 3.05) is 19.0 Å². The molecule has 0 saturated heterocycles. The number of hydrogen-bond acceptors (Lipinski definition) is 4. The van der Waals surface area contributed by atoms with Crippen LogP contribution in [0.25, 0.3) is 11.0 Å². The quantitative estimate of drug-likeness (QED) is 0.733. The molecular formula is C20H24N4O. The van der Waals surface area contributed by atoms with E-state index in [1.807, 2.05) is 13.0 Å². The van der Waals surface area contributed by atoms with E-state index in [-0.39, 0.29) is 5.41 Å². The molecule has 25 heavy (non-hydrogen) atoms. The first-order chi connectivity index (χ1) is 12.2. The smallest absolute Gasteiger partial charge is 0.143 e. The van der Waals surface area contributed by atoms with Gasteiger partial charge in [0.2, 0.25) is 0 Å². The van der Waals surface area contributed by atoms with Crippen molar-refractivity contribution in [1.82, 2.24) is 15.0 Å². The van der Waals surface area contributed by atoms with Crippen LogP contribution in [0.1, 0.15) is 36.9 Å². The van der Waals surface area contributed by atoms with Gasteiger partial charge in [-0.3, -0.25) is 0 Å². The van der Waals surface area contributed by atoms with Gasteiger partial charge in [-0.25, -0.2) is 9.97 Å². The van der Waals surface area contributed by atoms with E-state index < -0.39 is 0 Å². The van der Waals surface area contributed by atoms with Crippen molar-refractivity contribution < 1.29 is 4.74 Å². The molecule has 0 radical (unpaired) electrons. The number of para-hydroxylation sites is 1. The first-order valence-electron chi connectivity index (χ1n) is 8.89. The summed E-state index contributed by atoms with van der Waals surface area (Å²) < 4.78 is 5.65. The van der Waals surface area contributed by atoms with E-state index in [1.54, 1.807) is 13.4 Å². The highest BCUT2D eigenvalue weighted by atomic mass is 16.5. The van der Waals surface area contributed by atoms with Gasteiger partial charge in [0.1, 0.15) is 23.5 Å². The molecule has 0 amide bonds. The Hall–Kier alpha value is -2.56. The van der Waals surface area contributed by atoms with Gasteiger partial charge in [-0.05, 0) is 31.9 Å². The SMILES string of the molecule is COc1ccccc1C1(CNc2ncnc3[nH]c(C)cc23)CCCC1. The summed E-state index contributed by atoms with van der Waals surface area (Å²) in [5.41, 5.74) is 3.37. The fourth-order valence-electron chi connectivity index (χ4n) is 4.14. The summed E-state index contributed by atoms with van der Waals surface area (Å²) in [7, 11) is 1.76. The van der Waals surface area contributed by atoms with Crippen molar-refractivity contribution in [3.8, 4) is 5.75 Å². The molecular weight excluding hydrogens is 312 g/mol. The molecule has 2 aromatic heterocycles. The van der Waals surface area contributed by atoms with Crippen LogP contribution in [0.15, 0.2) is 36.7 Å². The summed E-state index contributed by atoms with van der Waals surface area (Å²) in [4.78, 5) is 12.1. The van der Waals surface area contributed by atoms with E-state index in [2.05, 4.69) is 44.5 Å². The van der Waals surface area contributed by atoms with Gasteiger partial charge in [0, 0.05) is 23.2 Å². The van der Waals surface area contributed by atoms with Crippen LogP contribution in [0.5, 0.6) is 5.75 Å². The Labute approximate surface area is 147 Å². The Morgan fingerprint density at radius 3 is 2.80 bits per heavy atom. The summed E-state index contributed by atoms with van der Waals surface area (Å²) in [6.45, 7) is 2.89. The van der Waals surface area contributed by atoms with E-state index in [1.165, 1.54) is 31.2 Å². The van der Waals surface area contributed by atoms with Crippen LogP contribution in [0.2, 0.25) is 0 Å². The number of aromatic amines is 1. The molecule has 130 valence electrons. The molecule has 1 aliphatic carbocycles. The molecule has 0 aliphatic heterocycles. The van der Waals surface area contributed by atoms with Crippen LogP contribution in [0, 0.1) is 6.92 Å². The monoisotopic (exact) mass is 336 g/mol.